The first kappa shape index (κ1) is 9.90. The minimum Gasteiger partial charge on any atom is -0.399 e. The number of para-hydroxylation sites is 1. The zero-order valence-electron chi connectivity index (χ0n) is 9.59. The number of nitrogen functional groups attached to an aromatic ring is 1. The van der Waals surface area contributed by atoms with E-state index in [9.17, 15) is 0 Å². The summed E-state index contributed by atoms with van der Waals surface area (Å²) in [5.41, 5.74) is 9.87. The number of hydrogen-bond donors (Lipinski definition) is 1. The number of anilines is 1. The summed E-state index contributed by atoms with van der Waals surface area (Å²) in [5, 5.41) is 5.54. The summed E-state index contributed by atoms with van der Waals surface area (Å²) in [6.45, 7) is 2.03. The van der Waals surface area contributed by atoms with Crippen LogP contribution in [-0.4, -0.2) is 9.78 Å². The molecule has 0 atom stereocenters. The highest BCUT2D eigenvalue weighted by molar-refractivity contribution is 5.80. The normalized spacial score (nSPS) is 10.9. The van der Waals surface area contributed by atoms with E-state index in [-0.39, 0.29) is 0 Å². The van der Waals surface area contributed by atoms with Gasteiger partial charge in [0.2, 0.25) is 0 Å². The fourth-order valence-corrected chi connectivity index (χ4v) is 2.09. The van der Waals surface area contributed by atoms with Gasteiger partial charge in [-0.1, -0.05) is 18.2 Å². The highest BCUT2D eigenvalue weighted by atomic mass is 15.3. The van der Waals surface area contributed by atoms with Gasteiger partial charge in [0, 0.05) is 11.1 Å². The third-order valence-corrected chi connectivity index (χ3v) is 2.81. The Bertz CT molecular complexity index is 663. The Hall–Kier alpha value is -2.29. The molecular formula is C14H13N3. The van der Waals surface area contributed by atoms with Crippen molar-refractivity contribution in [2.24, 2.45) is 0 Å². The number of nitrogens with two attached hydrogens (primary N) is 1. The maximum absolute atomic E-state index is 5.87. The zero-order valence-corrected chi connectivity index (χ0v) is 9.59. The van der Waals surface area contributed by atoms with Crippen molar-refractivity contribution in [3.8, 4) is 5.69 Å². The van der Waals surface area contributed by atoms with E-state index < -0.39 is 0 Å². The van der Waals surface area contributed by atoms with Gasteiger partial charge >= 0.3 is 0 Å². The van der Waals surface area contributed by atoms with Crippen molar-refractivity contribution in [3.05, 3.63) is 54.2 Å². The fraction of sp³-hybridized carbons (Fsp3) is 0.0714. The van der Waals surface area contributed by atoms with E-state index in [0.717, 1.165) is 27.8 Å². The van der Waals surface area contributed by atoms with Crippen molar-refractivity contribution in [2.75, 3.05) is 5.73 Å². The van der Waals surface area contributed by atoms with Gasteiger partial charge in [-0.2, -0.15) is 5.10 Å². The van der Waals surface area contributed by atoms with E-state index in [1.54, 1.807) is 0 Å². The van der Waals surface area contributed by atoms with Gasteiger partial charge in [0.05, 0.1) is 17.4 Å². The van der Waals surface area contributed by atoms with Crippen molar-refractivity contribution in [3.63, 3.8) is 0 Å². The van der Waals surface area contributed by atoms with Gasteiger partial charge < -0.3 is 5.73 Å². The third kappa shape index (κ3) is 1.65. The van der Waals surface area contributed by atoms with E-state index in [1.165, 1.54) is 0 Å². The van der Waals surface area contributed by atoms with Crippen molar-refractivity contribution < 1.29 is 0 Å². The van der Waals surface area contributed by atoms with Crippen LogP contribution in [0.3, 0.4) is 0 Å². The van der Waals surface area contributed by atoms with Gasteiger partial charge in [-0.25, -0.2) is 4.68 Å². The average Bonchev–Trinajstić information content (AvgIpc) is 2.71. The van der Waals surface area contributed by atoms with Gasteiger partial charge in [0.25, 0.3) is 0 Å². The van der Waals surface area contributed by atoms with Gasteiger partial charge in [-0.05, 0) is 36.8 Å². The molecule has 0 saturated carbocycles. The number of nitrogens with zero attached hydrogens (tertiary/aromatic N) is 2. The summed E-state index contributed by atoms with van der Waals surface area (Å²) in [6.07, 6.45) is 1.87. The fourth-order valence-electron chi connectivity index (χ4n) is 2.09. The van der Waals surface area contributed by atoms with Crippen molar-refractivity contribution in [1.82, 2.24) is 9.78 Å². The molecule has 3 nitrogen and oxygen atoms in total. The monoisotopic (exact) mass is 223 g/mol. The van der Waals surface area contributed by atoms with Crippen molar-refractivity contribution in [1.29, 1.82) is 0 Å². The summed E-state index contributed by atoms with van der Waals surface area (Å²) in [6, 6.07) is 14.1. The largest absolute Gasteiger partial charge is 0.399 e. The first-order chi connectivity index (χ1) is 8.24. The summed E-state index contributed by atoms with van der Waals surface area (Å²) in [4.78, 5) is 0. The Morgan fingerprint density at radius 2 is 1.94 bits per heavy atom. The smallest absolute Gasteiger partial charge is 0.0741 e. The molecule has 2 N–H and O–H groups in total. The van der Waals surface area contributed by atoms with E-state index in [4.69, 9.17) is 5.73 Å². The highest BCUT2D eigenvalue weighted by Gasteiger charge is 2.04. The lowest BCUT2D eigenvalue weighted by molar-refractivity contribution is 0.910. The summed E-state index contributed by atoms with van der Waals surface area (Å²) >= 11 is 0. The van der Waals surface area contributed by atoms with Crippen LogP contribution in [0.4, 0.5) is 5.69 Å². The molecule has 0 fully saturated rings. The van der Waals surface area contributed by atoms with Crippen molar-refractivity contribution in [2.45, 2.75) is 6.92 Å². The molecular weight excluding hydrogens is 210 g/mol. The first-order valence-corrected chi connectivity index (χ1v) is 5.54. The van der Waals surface area contributed by atoms with Crippen LogP contribution in [0.5, 0.6) is 0 Å². The van der Waals surface area contributed by atoms with Gasteiger partial charge in [-0.3, -0.25) is 0 Å². The maximum atomic E-state index is 5.87. The van der Waals surface area contributed by atoms with Crippen LogP contribution in [0.2, 0.25) is 0 Å². The molecule has 0 spiro atoms. The van der Waals surface area contributed by atoms with Crippen LogP contribution in [0.25, 0.3) is 16.6 Å². The lowest BCUT2D eigenvalue weighted by atomic mass is 10.2. The number of aromatic nitrogens is 2. The molecule has 84 valence electrons. The quantitative estimate of drug-likeness (QED) is 0.644. The molecule has 0 radical (unpaired) electrons. The lowest BCUT2D eigenvalue weighted by Gasteiger charge is -2.06. The molecule has 0 unspecified atom stereocenters. The molecule has 0 bridgehead atoms. The second kappa shape index (κ2) is 3.63. The molecule has 0 saturated heterocycles. The molecule has 3 rings (SSSR count). The van der Waals surface area contributed by atoms with Crippen molar-refractivity contribution >= 4 is 16.6 Å². The second-order valence-electron chi connectivity index (χ2n) is 4.22. The van der Waals surface area contributed by atoms with Crippen LogP contribution >= 0.6 is 0 Å². The SMILES string of the molecule is Cc1cc(N)cc(-n2ncc3ccccc32)c1. The number of benzene rings is 2. The lowest BCUT2D eigenvalue weighted by Crippen LogP contribution is -1.98. The Morgan fingerprint density at radius 3 is 2.76 bits per heavy atom. The highest BCUT2D eigenvalue weighted by Crippen LogP contribution is 2.20. The van der Waals surface area contributed by atoms with Crippen LogP contribution in [-0.2, 0) is 0 Å². The Balaban J connectivity index is 2.27. The molecule has 0 aliphatic heterocycles. The predicted octanol–water partition coefficient (Wildman–Crippen LogP) is 2.92. The second-order valence-corrected chi connectivity index (χ2v) is 4.22. The summed E-state index contributed by atoms with van der Waals surface area (Å²) in [7, 11) is 0. The summed E-state index contributed by atoms with van der Waals surface area (Å²) in [5.74, 6) is 0. The molecule has 17 heavy (non-hydrogen) atoms. The van der Waals surface area contributed by atoms with Gasteiger partial charge in [-0.15, -0.1) is 0 Å². The minimum absolute atomic E-state index is 0.764. The molecule has 3 aromatic rings. The van der Waals surface area contributed by atoms with E-state index in [0.29, 0.717) is 0 Å². The summed E-state index contributed by atoms with van der Waals surface area (Å²) < 4.78 is 1.92. The van der Waals surface area contributed by atoms with Crippen LogP contribution < -0.4 is 5.73 Å². The molecule has 1 heterocycles. The van der Waals surface area contributed by atoms with E-state index >= 15 is 0 Å². The number of rotatable bonds is 1. The van der Waals surface area contributed by atoms with Gasteiger partial charge in [0.1, 0.15) is 0 Å². The zero-order chi connectivity index (χ0) is 11.8. The maximum Gasteiger partial charge on any atom is 0.0741 e. The average molecular weight is 223 g/mol. The molecule has 1 aromatic heterocycles. The van der Waals surface area contributed by atoms with E-state index in [2.05, 4.69) is 23.3 Å². The standard InChI is InChI=1S/C14H13N3/c1-10-6-12(15)8-13(7-10)17-14-5-3-2-4-11(14)9-16-17/h2-9H,15H2,1H3. The van der Waals surface area contributed by atoms with Gasteiger partial charge in [0.15, 0.2) is 0 Å². The first-order valence-electron chi connectivity index (χ1n) is 5.54. The molecule has 3 heteroatoms. The molecule has 0 aliphatic carbocycles. The van der Waals surface area contributed by atoms with Crippen LogP contribution in [0.15, 0.2) is 48.7 Å². The molecule has 2 aromatic carbocycles. The van der Waals surface area contributed by atoms with Crippen LogP contribution in [0, 0.1) is 6.92 Å². The molecule has 0 aliphatic rings. The number of fused-ring (bicyclic) bond motifs is 1. The Kier molecular flexibility index (Phi) is 2.11. The van der Waals surface area contributed by atoms with E-state index in [1.807, 2.05) is 42.1 Å². The number of aryl methyl sites for hydroxylation is 1. The number of hydrogen-bond acceptors (Lipinski definition) is 2. The minimum atomic E-state index is 0.764. The Labute approximate surface area is 99.5 Å². The third-order valence-electron chi connectivity index (χ3n) is 2.81. The topological polar surface area (TPSA) is 43.8 Å². The predicted molar refractivity (Wildman–Crippen MR) is 70.2 cm³/mol. The van der Waals surface area contributed by atoms with Crippen LogP contribution in [0.1, 0.15) is 5.56 Å². The molecule has 0 amide bonds. The Morgan fingerprint density at radius 1 is 1.12 bits per heavy atom.